The van der Waals surface area contributed by atoms with Crippen molar-refractivity contribution in [2.45, 2.75) is 38.9 Å². The van der Waals surface area contributed by atoms with E-state index >= 15 is 0 Å². The molecule has 0 amide bonds. The Balaban J connectivity index is 4.89. The van der Waals surface area contributed by atoms with Crippen molar-refractivity contribution in [3.63, 3.8) is 0 Å². The molecule has 1 atom stereocenters. The molecule has 1 unspecified atom stereocenters. The molecule has 0 aromatic heterocycles. The molecule has 0 heterocycles. The SMILES string of the molecule is CCC(C)CS(=O)(=O)C(C)(C)C(=O)O. The van der Waals surface area contributed by atoms with Crippen molar-refractivity contribution in [1.82, 2.24) is 0 Å². The van der Waals surface area contributed by atoms with E-state index in [0.717, 1.165) is 6.42 Å². The molecule has 0 radical (unpaired) electrons. The molecule has 0 bridgehead atoms. The molecule has 0 rings (SSSR count). The lowest BCUT2D eigenvalue weighted by atomic mass is 10.2. The molecule has 14 heavy (non-hydrogen) atoms. The predicted octanol–water partition coefficient (Wildman–Crippen LogP) is 1.31. The first kappa shape index (κ1) is 13.4. The molecule has 0 aliphatic rings. The molecule has 0 spiro atoms. The second kappa shape index (κ2) is 4.29. The van der Waals surface area contributed by atoms with Crippen molar-refractivity contribution in [1.29, 1.82) is 0 Å². The fourth-order valence-corrected chi connectivity index (χ4v) is 2.50. The molecule has 1 N–H and O–H groups in total. The Kier molecular flexibility index (Phi) is 4.12. The summed E-state index contributed by atoms with van der Waals surface area (Å²) >= 11 is 0. The molecule has 0 fully saturated rings. The number of carboxylic acid groups (broad SMARTS) is 1. The van der Waals surface area contributed by atoms with Gasteiger partial charge < -0.3 is 5.11 Å². The van der Waals surface area contributed by atoms with Gasteiger partial charge in [0.15, 0.2) is 14.6 Å². The summed E-state index contributed by atoms with van der Waals surface area (Å²) in [5.74, 6) is -1.36. The maximum atomic E-state index is 11.7. The van der Waals surface area contributed by atoms with E-state index in [9.17, 15) is 13.2 Å². The van der Waals surface area contributed by atoms with Crippen LogP contribution in [0.5, 0.6) is 0 Å². The Hall–Kier alpha value is -0.580. The van der Waals surface area contributed by atoms with Crippen LogP contribution in [0.1, 0.15) is 34.1 Å². The van der Waals surface area contributed by atoms with Crippen LogP contribution in [0.4, 0.5) is 0 Å². The van der Waals surface area contributed by atoms with E-state index in [4.69, 9.17) is 5.11 Å². The molecule has 84 valence electrons. The summed E-state index contributed by atoms with van der Waals surface area (Å²) in [5, 5.41) is 8.78. The van der Waals surface area contributed by atoms with Crippen molar-refractivity contribution >= 4 is 15.8 Å². The van der Waals surface area contributed by atoms with Gasteiger partial charge in [-0.3, -0.25) is 4.79 Å². The first-order valence-corrected chi connectivity index (χ1v) is 6.26. The van der Waals surface area contributed by atoms with E-state index in [-0.39, 0.29) is 11.7 Å². The highest BCUT2D eigenvalue weighted by Crippen LogP contribution is 2.20. The highest BCUT2D eigenvalue weighted by molar-refractivity contribution is 7.93. The highest BCUT2D eigenvalue weighted by Gasteiger charge is 2.41. The van der Waals surface area contributed by atoms with Gasteiger partial charge in [0.1, 0.15) is 0 Å². The molecule has 0 aliphatic heterocycles. The van der Waals surface area contributed by atoms with Gasteiger partial charge in [0, 0.05) is 0 Å². The minimum absolute atomic E-state index is 0.00127. The quantitative estimate of drug-likeness (QED) is 0.761. The normalized spacial score (nSPS) is 15.1. The molecule has 0 aromatic carbocycles. The third kappa shape index (κ3) is 2.70. The summed E-state index contributed by atoms with van der Waals surface area (Å²) in [6.07, 6.45) is 0.731. The zero-order valence-corrected chi connectivity index (χ0v) is 9.89. The van der Waals surface area contributed by atoms with Crippen molar-refractivity contribution in [3.05, 3.63) is 0 Å². The number of hydrogen-bond acceptors (Lipinski definition) is 3. The fourth-order valence-electron chi connectivity index (χ4n) is 0.834. The first-order chi connectivity index (χ1) is 6.15. The summed E-state index contributed by atoms with van der Waals surface area (Å²) in [7, 11) is -3.57. The number of sulfone groups is 1. The number of aliphatic carboxylic acids is 1. The summed E-state index contributed by atoms with van der Waals surface area (Å²) < 4.78 is 21.7. The minimum atomic E-state index is -3.57. The topological polar surface area (TPSA) is 71.4 Å². The van der Waals surface area contributed by atoms with Crippen LogP contribution in [-0.2, 0) is 14.6 Å². The molecule has 0 saturated carbocycles. The van der Waals surface area contributed by atoms with Crippen molar-refractivity contribution in [2.24, 2.45) is 5.92 Å². The zero-order chi connectivity index (χ0) is 11.6. The van der Waals surface area contributed by atoms with Gasteiger partial charge in [-0.2, -0.15) is 0 Å². The monoisotopic (exact) mass is 222 g/mol. The summed E-state index contributed by atoms with van der Waals surface area (Å²) in [4.78, 5) is 10.8. The van der Waals surface area contributed by atoms with Gasteiger partial charge in [-0.1, -0.05) is 20.3 Å². The average molecular weight is 222 g/mol. The van der Waals surface area contributed by atoms with Gasteiger partial charge in [0.05, 0.1) is 5.75 Å². The molecular formula is C9H18O4S. The molecule has 0 saturated heterocycles. The largest absolute Gasteiger partial charge is 0.480 e. The summed E-state index contributed by atoms with van der Waals surface area (Å²) in [6.45, 7) is 6.14. The second-order valence-corrected chi connectivity index (χ2v) is 6.69. The van der Waals surface area contributed by atoms with Crippen LogP contribution in [0, 0.1) is 5.92 Å². The fraction of sp³-hybridized carbons (Fsp3) is 0.889. The third-order valence-electron chi connectivity index (χ3n) is 2.49. The number of carbonyl (C=O) groups is 1. The minimum Gasteiger partial charge on any atom is -0.480 e. The van der Waals surface area contributed by atoms with Gasteiger partial charge >= 0.3 is 5.97 Å². The summed E-state index contributed by atoms with van der Waals surface area (Å²) in [6, 6.07) is 0. The second-order valence-electron chi connectivity index (χ2n) is 4.11. The van der Waals surface area contributed by atoms with Gasteiger partial charge in [-0.15, -0.1) is 0 Å². The zero-order valence-electron chi connectivity index (χ0n) is 9.07. The Morgan fingerprint density at radius 1 is 1.43 bits per heavy atom. The lowest BCUT2D eigenvalue weighted by Crippen LogP contribution is -2.43. The maximum Gasteiger partial charge on any atom is 0.324 e. The lowest BCUT2D eigenvalue weighted by Gasteiger charge is -2.21. The van der Waals surface area contributed by atoms with E-state index in [1.54, 1.807) is 6.92 Å². The Labute approximate surface area is 85.2 Å². The molecule has 0 aromatic rings. The van der Waals surface area contributed by atoms with Crippen LogP contribution in [0.2, 0.25) is 0 Å². The maximum absolute atomic E-state index is 11.7. The Morgan fingerprint density at radius 2 is 1.86 bits per heavy atom. The van der Waals surface area contributed by atoms with Crippen molar-refractivity contribution in [2.75, 3.05) is 5.75 Å². The Bertz CT molecular complexity index is 303. The van der Waals surface area contributed by atoms with Crippen LogP contribution in [0.15, 0.2) is 0 Å². The van der Waals surface area contributed by atoms with E-state index in [1.165, 1.54) is 13.8 Å². The summed E-state index contributed by atoms with van der Waals surface area (Å²) in [5.41, 5.74) is 0. The third-order valence-corrected chi connectivity index (χ3v) is 5.23. The van der Waals surface area contributed by atoms with Crippen LogP contribution in [0.3, 0.4) is 0 Å². The van der Waals surface area contributed by atoms with E-state index in [0.29, 0.717) is 0 Å². The molecule has 5 heteroatoms. The first-order valence-electron chi connectivity index (χ1n) is 4.60. The van der Waals surface area contributed by atoms with E-state index in [2.05, 4.69) is 0 Å². The molecule has 0 aliphatic carbocycles. The number of carboxylic acids is 1. The lowest BCUT2D eigenvalue weighted by molar-refractivity contribution is -0.139. The van der Waals surface area contributed by atoms with Gasteiger partial charge in [0.25, 0.3) is 0 Å². The van der Waals surface area contributed by atoms with Gasteiger partial charge in [0.2, 0.25) is 0 Å². The molecular weight excluding hydrogens is 204 g/mol. The predicted molar refractivity (Wildman–Crippen MR) is 55.0 cm³/mol. The van der Waals surface area contributed by atoms with Gasteiger partial charge in [-0.25, -0.2) is 8.42 Å². The number of rotatable bonds is 5. The van der Waals surface area contributed by atoms with Crippen LogP contribution in [-0.4, -0.2) is 30.0 Å². The van der Waals surface area contributed by atoms with Crippen LogP contribution in [0.25, 0.3) is 0 Å². The Morgan fingerprint density at radius 3 is 2.14 bits per heavy atom. The van der Waals surface area contributed by atoms with Crippen molar-refractivity contribution in [3.8, 4) is 0 Å². The van der Waals surface area contributed by atoms with Crippen LogP contribution < -0.4 is 0 Å². The van der Waals surface area contributed by atoms with E-state index < -0.39 is 20.6 Å². The molecule has 4 nitrogen and oxygen atoms in total. The highest BCUT2D eigenvalue weighted by atomic mass is 32.2. The average Bonchev–Trinajstić information content (AvgIpc) is 2.02. The number of hydrogen-bond donors (Lipinski definition) is 1. The van der Waals surface area contributed by atoms with Crippen LogP contribution >= 0.6 is 0 Å². The standard InChI is InChI=1S/C9H18O4S/c1-5-7(2)6-14(12,13)9(3,4)8(10)11/h7H,5-6H2,1-4H3,(H,10,11). The van der Waals surface area contributed by atoms with E-state index in [1.807, 2.05) is 6.92 Å². The van der Waals surface area contributed by atoms with Crippen molar-refractivity contribution < 1.29 is 18.3 Å². The van der Waals surface area contributed by atoms with Gasteiger partial charge in [-0.05, 0) is 19.8 Å². The smallest absolute Gasteiger partial charge is 0.324 e.